The van der Waals surface area contributed by atoms with Crippen LogP contribution < -0.4 is 4.74 Å². The van der Waals surface area contributed by atoms with Gasteiger partial charge in [0.1, 0.15) is 0 Å². The quantitative estimate of drug-likeness (QED) is 0.835. The first-order chi connectivity index (χ1) is 11.9. The van der Waals surface area contributed by atoms with E-state index in [-0.39, 0.29) is 6.04 Å². The van der Waals surface area contributed by atoms with Gasteiger partial charge in [-0.2, -0.15) is 4.31 Å². The van der Waals surface area contributed by atoms with Crippen LogP contribution in [0, 0.1) is 13.8 Å². The first kappa shape index (κ1) is 17.9. The fourth-order valence-corrected chi connectivity index (χ4v) is 5.03. The molecular formula is C19H24N2O3S. The summed E-state index contributed by atoms with van der Waals surface area (Å²) in [7, 11) is -1.94. The van der Waals surface area contributed by atoms with E-state index >= 15 is 0 Å². The van der Waals surface area contributed by atoms with Crippen LogP contribution in [0.15, 0.2) is 41.4 Å². The third kappa shape index (κ3) is 3.55. The Morgan fingerprint density at radius 1 is 1.16 bits per heavy atom. The Hall–Kier alpha value is -1.92. The Balaban J connectivity index is 1.98. The Bertz CT molecular complexity index is 847. The molecule has 3 rings (SSSR count). The number of ether oxygens (including phenoxy) is 1. The standard InChI is InChI=1S/C19H24N2O3S/c1-14-7-9-17(10-8-14)25(22,23)21-11-5-4-6-18(21)16-12-15(2)19(24-3)20-13-16/h7-10,12-13,18H,4-6,11H2,1-3H3/t18-/m0/s1. The number of rotatable bonds is 4. The Kier molecular flexibility index (Phi) is 5.11. The summed E-state index contributed by atoms with van der Waals surface area (Å²) >= 11 is 0. The summed E-state index contributed by atoms with van der Waals surface area (Å²) < 4.78 is 33.2. The molecule has 1 atom stereocenters. The van der Waals surface area contributed by atoms with Gasteiger partial charge in [0.05, 0.1) is 18.0 Å². The summed E-state index contributed by atoms with van der Waals surface area (Å²) in [6.07, 6.45) is 4.43. The number of aromatic nitrogens is 1. The van der Waals surface area contributed by atoms with E-state index < -0.39 is 10.0 Å². The highest BCUT2D eigenvalue weighted by atomic mass is 32.2. The zero-order valence-corrected chi connectivity index (χ0v) is 15.7. The molecule has 1 aromatic carbocycles. The number of piperidine rings is 1. The summed E-state index contributed by atoms with van der Waals surface area (Å²) in [6.45, 7) is 4.41. The number of methoxy groups -OCH3 is 1. The number of hydrogen-bond donors (Lipinski definition) is 0. The van der Waals surface area contributed by atoms with Crippen LogP contribution in [-0.2, 0) is 10.0 Å². The molecule has 2 aromatic rings. The van der Waals surface area contributed by atoms with E-state index in [9.17, 15) is 8.42 Å². The van der Waals surface area contributed by atoms with E-state index in [1.807, 2.05) is 32.0 Å². The number of hydrogen-bond acceptors (Lipinski definition) is 4. The molecule has 0 saturated carbocycles. The molecule has 0 bridgehead atoms. The van der Waals surface area contributed by atoms with E-state index in [1.54, 1.807) is 29.7 Å². The molecule has 0 spiro atoms. The predicted molar refractivity (Wildman–Crippen MR) is 97.2 cm³/mol. The Morgan fingerprint density at radius 2 is 1.88 bits per heavy atom. The maximum atomic E-state index is 13.2. The van der Waals surface area contributed by atoms with E-state index in [0.29, 0.717) is 17.3 Å². The molecule has 6 heteroatoms. The van der Waals surface area contributed by atoms with Crippen molar-refractivity contribution in [1.82, 2.24) is 9.29 Å². The summed E-state index contributed by atoms with van der Waals surface area (Å²) in [5, 5.41) is 0. The highest BCUT2D eigenvalue weighted by molar-refractivity contribution is 7.89. The minimum atomic E-state index is -3.53. The van der Waals surface area contributed by atoms with Crippen LogP contribution in [0.2, 0.25) is 0 Å². The van der Waals surface area contributed by atoms with Crippen LogP contribution >= 0.6 is 0 Å². The molecule has 0 unspecified atom stereocenters. The predicted octanol–water partition coefficient (Wildman–Crippen LogP) is 3.62. The second kappa shape index (κ2) is 7.14. The van der Waals surface area contributed by atoms with Crippen LogP contribution in [0.1, 0.15) is 42.0 Å². The molecular weight excluding hydrogens is 336 g/mol. The smallest absolute Gasteiger partial charge is 0.243 e. The van der Waals surface area contributed by atoms with Crippen molar-refractivity contribution >= 4 is 10.0 Å². The van der Waals surface area contributed by atoms with Crippen molar-refractivity contribution in [1.29, 1.82) is 0 Å². The van der Waals surface area contributed by atoms with Gasteiger partial charge in [0.2, 0.25) is 15.9 Å². The topological polar surface area (TPSA) is 59.5 Å². The monoisotopic (exact) mass is 360 g/mol. The van der Waals surface area contributed by atoms with E-state index in [0.717, 1.165) is 36.0 Å². The van der Waals surface area contributed by atoms with E-state index in [2.05, 4.69) is 4.98 Å². The molecule has 2 heterocycles. The molecule has 1 saturated heterocycles. The zero-order chi connectivity index (χ0) is 18.0. The van der Waals surface area contributed by atoms with Crippen molar-refractivity contribution < 1.29 is 13.2 Å². The second-order valence-electron chi connectivity index (χ2n) is 6.54. The average Bonchev–Trinajstić information content (AvgIpc) is 2.62. The summed E-state index contributed by atoms with van der Waals surface area (Å²) in [6, 6.07) is 8.86. The molecule has 0 radical (unpaired) electrons. The lowest BCUT2D eigenvalue weighted by Gasteiger charge is -2.35. The van der Waals surface area contributed by atoms with Gasteiger partial charge in [-0.15, -0.1) is 0 Å². The second-order valence-corrected chi connectivity index (χ2v) is 8.43. The largest absolute Gasteiger partial charge is 0.481 e. The van der Waals surface area contributed by atoms with E-state index in [1.165, 1.54) is 0 Å². The lowest BCUT2D eigenvalue weighted by molar-refractivity contribution is 0.255. The highest BCUT2D eigenvalue weighted by Gasteiger charge is 2.34. The molecule has 1 aromatic heterocycles. The van der Waals surface area contributed by atoms with Crippen molar-refractivity contribution in [3.63, 3.8) is 0 Å². The van der Waals surface area contributed by atoms with Crippen molar-refractivity contribution in [2.24, 2.45) is 0 Å². The van der Waals surface area contributed by atoms with Gasteiger partial charge >= 0.3 is 0 Å². The first-order valence-corrected chi connectivity index (χ1v) is 9.96. The van der Waals surface area contributed by atoms with Crippen LogP contribution in [0.3, 0.4) is 0 Å². The van der Waals surface area contributed by atoms with Gasteiger partial charge in [0.15, 0.2) is 0 Å². The maximum absolute atomic E-state index is 13.2. The number of benzene rings is 1. The molecule has 1 fully saturated rings. The maximum Gasteiger partial charge on any atom is 0.243 e. The van der Waals surface area contributed by atoms with Crippen LogP contribution in [0.5, 0.6) is 5.88 Å². The van der Waals surface area contributed by atoms with Crippen LogP contribution in [0.4, 0.5) is 0 Å². The van der Waals surface area contributed by atoms with Gasteiger partial charge in [-0.25, -0.2) is 13.4 Å². The SMILES string of the molecule is COc1ncc([C@@H]2CCCCN2S(=O)(=O)c2ccc(C)cc2)cc1C. The Labute approximate surface area is 149 Å². The molecule has 0 aliphatic carbocycles. The normalized spacial score (nSPS) is 18.9. The third-order valence-electron chi connectivity index (χ3n) is 4.71. The fraction of sp³-hybridized carbons (Fsp3) is 0.421. The zero-order valence-electron chi connectivity index (χ0n) is 14.9. The molecule has 0 N–H and O–H groups in total. The molecule has 25 heavy (non-hydrogen) atoms. The summed E-state index contributed by atoms with van der Waals surface area (Å²) in [5.41, 5.74) is 2.89. The lowest BCUT2D eigenvalue weighted by Crippen LogP contribution is -2.38. The minimum Gasteiger partial charge on any atom is -0.481 e. The molecule has 1 aliphatic rings. The molecule has 5 nitrogen and oxygen atoms in total. The van der Waals surface area contributed by atoms with Crippen LogP contribution in [-0.4, -0.2) is 31.4 Å². The molecule has 134 valence electrons. The fourth-order valence-electron chi connectivity index (χ4n) is 3.35. The van der Waals surface area contributed by atoms with Gasteiger partial charge in [0, 0.05) is 18.3 Å². The number of pyridine rings is 1. The first-order valence-electron chi connectivity index (χ1n) is 8.52. The number of nitrogens with zero attached hydrogens (tertiary/aromatic N) is 2. The highest BCUT2D eigenvalue weighted by Crippen LogP contribution is 2.36. The minimum absolute atomic E-state index is 0.183. The third-order valence-corrected chi connectivity index (χ3v) is 6.63. The summed E-state index contributed by atoms with van der Waals surface area (Å²) in [4.78, 5) is 4.68. The van der Waals surface area contributed by atoms with Crippen molar-refractivity contribution in [2.75, 3.05) is 13.7 Å². The number of sulfonamides is 1. The van der Waals surface area contributed by atoms with Crippen molar-refractivity contribution in [3.8, 4) is 5.88 Å². The van der Waals surface area contributed by atoms with Crippen LogP contribution in [0.25, 0.3) is 0 Å². The summed E-state index contributed by atoms with van der Waals surface area (Å²) in [5.74, 6) is 0.576. The molecule has 1 aliphatic heterocycles. The molecule has 0 amide bonds. The van der Waals surface area contributed by atoms with Gasteiger partial charge in [0.25, 0.3) is 0 Å². The van der Waals surface area contributed by atoms with Gasteiger partial charge in [-0.3, -0.25) is 0 Å². The van der Waals surface area contributed by atoms with E-state index in [4.69, 9.17) is 4.74 Å². The van der Waals surface area contributed by atoms with Gasteiger partial charge in [-0.1, -0.05) is 24.1 Å². The average molecular weight is 360 g/mol. The van der Waals surface area contributed by atoms with Gasteiger partial charge < -0.3 is 4.74 Å². The van der Waals surface area contributed by atoms with Crippen molar-refractivity contribution in [2.45, 2.75) is 44.0 Å². The lowest BCUT2D eigenvalue weighted by atomic mass is 9.98. The number of aryl methyl sites for hydroxylation is 2. The van der Waals surface area contributed by atoms with Gasteiger partial charge in [-0.05, 0) is 50.5 Å². The van der Waals surface area contributed by atoms with Crippen molar-refractivity contribution in [3.05, 3.63) is 53.2 Å². The Morgan fingerprint density at radius 3 is 2.52 bits per heavy atom.